The Labute approximate surface area is 97.1 Å². The van der Waals surface area contributed by atoms with Crippen LogP contribution in [0.15, 0.2) is 12.1 Å². The Morgan fingerprint density at radius 1 is 1.60 bits per heavy atom. The molecule has 0 unspecified atom stereocenters. The van der Waals surface area contributed by atoms with Gasteiger partial charge in [0.25, 0.3) is 5.91 Å². The minimum absolute atomic E-state index is 0.160. The molecule has 0 spiro atoms. The highest BCUT2D eigenvalue weighted by Gasteiger charge is 2.34. The molecule has 1 amide bonds. The lowest BCUT2D eigenvalue weighted by Gasteiger charge is -2.36. The summed E-state index contributed by atoms with van der Waals surface area (Å²) in [7, 11) is 0. The number of rotatable bonds is 3. The summed E-state index contributed by atoms with van der Waals surface area (Å²) >= 11 is 6.97. The molecule has 15 heavy (non-hydrogen) atoms. The molecular formula is C10H12ClNO2S. The number of thiophene rings is 1. The molecule has 1 aromatic rings. The van der Waals surface area contributed by atoms with Crippen molar-refractivity contribution in [3.63, 3.8) is 0 Å². The maximum absolute atomic E-state index is 11.6. The van der Waals surface area contributed by atoms with Crippen LogP contribution < -0.4 is 5.32 Å². The van der Waals surface area contributed by atoms with Gasteiger partial charge in [-0.3, -0.25) is 4.79 Å². The van der Waals surface area contributed by atoms with E-state index in [0.717, 1.165) is 19.3 Å². The summed E-state index contributed by atoms with van der Waals surface area (Å²) in [6, 6.07) is 3.38. The van der Waals surface area contributed by atoms with Gasteiger partial charge in [-0.25, -0.2) is 0 Å². The lowest BCUT2D eigenvalue weighted by Crippen LogP contribution is -2.47. The number of halogens is 1. The third-order valence-electron chi connectivity index (χ3n) is 2.66. The van der Waals surface area contributed by atoms with Gasteiger partial charge in [-0.2, -0.15) is 0 Å². The Morgan fingerprint density at radius 3 is 2.80 bits per heavy atom. The monoisotopic (exact) mass is 245 g/mol. The third kappa shape index (κ3) is 2.51. The Hall–Kier alpha value is -0.580. The van der Waals surface area contributed by atoms with Crippen molar-refractivity contribution in [2.75, 3.05) is 6.54 Å². The van der Waals surface area contributed by atoms with Crippen molar-refractivity contribution in [2.45, 2.75) is 24.9 Å². The fourth-order valence-electron chi connectivity index (χ4n) is 1.53. The summed E-state index contributed by atoms with van der Waals surface area (Å²) in [4.78, 5) is 12.2. The number of carbonyl (C=O) groups is 1. The van der Waals surface area contributed by atoms with E-state index < -0.39 is 5.60 Å². The van der Waals surface area contributed by atoms with Crippen LogP contribution in [0, 0.1) is 0 Å². The zero-order chi connectivity index (χ0) is 10.9. The average Bonchev–Trinajstić information content (AvgIpc) is 2.58. The molecule has 1 aliphatic rings. The van der Waals surface area contributed by atoms with Gasteiger partial charge in [0.1, 0.15) is 0 Å². The summed E-state index contributed by atoms with van der Waals surface area (Å²) in [6.07, 6.45) is 2.59. The first-order valence-electron chi connectivity index (χ1n) is 4.85. The number of aliphatic hydroxyl groups is 1. The maximum Gasteiger partial charge on any atom is 0.261 e. The second-order valence-electron chi connectivity index (χ2n) is 3.86. The summed E-state index contributed by atoms with van der Waals surface area (Å²) in [5.74, 6) is -0.160. The number of hydrogen-bond acceptors (Lipinski definition) is 3. The second-order valence-corrected chi connectivity index (χ2v) is 5.58. The predicted molar refractivity (Wildman–Crippen MR) is 60.5 cm³/mol. The molecule has 1 heterocycles. The average molecular weight is 246 g/mol. The number of hydrogen-bond donors (Lipinski definition) is 2. The van der Waals surface area contributed by atoms with Gasteiger partial charge < -0.3 is 10.4 Å². The summed E-state index contributed by atoms with van der Waals surface area (Å²) in [5, 5.41) is 12.5. The molecule has 1 aliphatic carbocycles. The lowest BCUT2D eigenvalue weighted by molar-refractivity contribution is -0.0300. The van der Waals surface area contributed by atoms with Gasteiger partial charge in [-0.15, -0.1) is 11.3 Å². The van der Waals surface area contributed by atoms with Gasteiger partial charge in [-0.05, 0) is 31.4 Å². The normalized spacial score (nSPS) is 18.3. The lowest BCUT2D eigenvalue weighted by atomic mass is 9.80. The summed E-state index contributed by atoms with van der Waals surface area (Å²) in [6.45, 7) is 0.335. The first-order valence-corrected chi connectivity index (χ1v) is 6.04. The van der Waals surface area contributed by atoms with Crippen molar-refractivity contribution >= 4 is 28.8 Å². The first kappa shape index (κ1) is 10.9. The van der Waals surface area contributed by atoms with Gasteiger partial charge in [0.2, 0.25) is 0 Å². The molecule has 0 aromatic carbocycles. The minimum atomic E-state index is -0.670. The quantitative estimate of drug-likeness (QED) is 0.856. The topological polar surface area (TPSA) is 49.3 Å². The van der Waals surface area contributed by atoms with E-state index >= 15 is 0 Å². The molecule has 1 saturated carbocycles. The van der Waals surface area contributed by atoms with Gasteiger partial charge in [0, 0.05) is 6.54 Å². The van der Waals surface area contributed by atoms with Crippen LogP contribution in [0.3, 0.4) is 0 Å². The van der Waals surface area contributed by atoms with Crippen LogP contribution in [-0.2, 0) is 0 Å². The summed E-state index contributed by atoms with van der Waals surface area (Å²) in [5.41, 5.74) is -0.670. The van der Waals surface area contributed by atoms with Crippen molar-refractivity contribution in [3.05, 3.63) is 21.3 Å². The van der Waals surface area contributed by atoms with Gasteiger partial charge >= 0.3 is 0 Å². The van der Waals surface area contributed by atoms with Crippen LogP contribution in [0.1, 0.15) is 28.9 Å². The van der Waals surface area contributed by atoms with E-state index in [2.05, 4.69) is 5.32 Å². The van der Waals surface area contributed by atoms with Crippen molar-refractivity contribution in [3.8, 4) is 0 Å². The second kappa shape index (κ2) is 4.12. The molecule has 3 nitrogen and oxygen atoms in total. The highest BCUT2D eigenvalue weighted by molar-refractivity contribution is 7.17. The predicted octanol–water partition coefficient (Wildman–Crippen LogP) is 2.05. The van der Waals surface area contributed by atoms with E-state index in [-0.39, 0.29) is 5.91 Å². The molecular weight excluding hydrogens is 234 g/mol. The van der Waals surface area contributed by atoms with Crippen LogP contribution >= 0.6 is 22.9 Å². The molecule has 2 rings (SSSR count). The van der Waals surface area contributed by atoms with Crippen LogP contribution in [0.2, 0.25) is 4.34 Å². The van der Waals surface area contributed by atoms with Crippen molar-refractivity contribution in [1.29, 1.82) is 0 Å². The Balaban J connectivity index is 1.87. The Kier molecular flexibility index (Phi) is 3.00. The largest absolute Gasteiger partial charge is 0.388 e. The molecule has 0 atom stereocenters. The van der Waals surface area contributed by atoms with E-state index in [1.54, 1.807) is 12.1 Å². The van der Waals surface area contributed by atoms with Crippen LogP contribution in [0.4, 0.5) is 0 Å². The highest BCUT2D eigenvalue weighted by Crippen LogP contribution is 2.30. The maximum atomic E-state index is 11.6. The van der Waals surface area contributed by atoms with Crippen molar-refractivity contribution < 1.29 is 9.90 Å². The molecule has 5 heteroatoms. The SMILES string of the molecule is O=C(NCC1(O)CCC1)c1ccc(Cl)s1. The van der Waals surface area contributed by atoms with E-state index in [0.29, 0.717) is 15.8 Å². The highest BCUT2D eigenvalue weighted by atomic mass is 35.5. The molecule has 0 aliphatic heterocycles. The standard InChI is InChI=1S/C10H12ClNO2S/c11-8-3-2-7(15-8)9(13)12-6-10(14)4-1-5-10/h2-3,14H,1,4-6H2,(H,12,13). The van der Waals surface area contributed by atoms with Crippen LogP contribution in [0.5, 0.6) is 0 Å². The molecule has 82 valence electrons. The van der Waals surface area contributed by atoms with Gasteiger partial charge in [0.15, 0.2) is 0 Å². The number of carbonyl (C=O) groups excluding carboxylic acids is 1. The van der Waals surface area contributed by atoms with Crippen molar-refractivity contribution in [1.82, 2.24) is 5.32 Å². The van der Waals surface area contributed by atoms with E-state index in [1.807, 2.05) is 0 Å². The van der Waals surface area contributed by atoms with Crippen molar-refractivity contribution in [2.24, 2.45) is 0 Å². The molecule has 0 radical (unpaired) electrons. The zero-order valence-corrected chi connectivity index (χ0v) is 9.70. The van der Waals surface area contributed by atoms with Gasteiger partial charge in [-0.1, -0.05) is 11.6 Å². The summed E-state index contributed by atoms with van der Waals surface area (Å²) < 4.78 is 0.600. The molecule has 0 bridgehead atoms. The van der Waals surface area contributed by atoms with Crippen LogP contribution in [-0.4, -0.2) is 23.2 Å². The fourth-order valence-corrected chi connectivity index (χ4v) is 2.49. The van der Waals surface area contributed by atoms with Crippen LogP contribution in [0.25, 0.3) is 0 Å². The van der Waals surface area contributed by atoms with E-state index in [1.165, 1.54) is 11.3 Å². The fraction of sp³-hybridized carbons (Fsp3) is 0.500. The smallest absolute Gasteiger partial charge is 0.261 e. The molecule has 1 fully saturated rings. The number of nitrogens with one attached hydrogen (secondary N) is 1. The molecule has 1 aromatic heterocycles. The van der Waals surface area contributed by atoms with E-state index in [9.17, 15) is 9.90 Å². The minimum Gasteiger partial charge on any atom is -0.388 e. The number of amides is 1. The Bertz CT molecular complexity index is 373. The molecule has 2 N–H and O–H groups in total. The third-order valence-corrected chi connectivity index (χ3v) is 3.89. The Morgan fingerprint density at radius 2 is 2.33 bits per heavy atom. The van der Waals surface area contributed by atoms with E-state index in [4.69, 9.17) is 11.6 Å². The van der Waals surface area contributed by atoms with Gasteiger partial charge in [0.05, 0.1) is 14.8 Å². The first-order chi connectivity index (χ1) is 7.09. The molecule has 0 saturated heterocycles. The zero-order valence-electron chi connectivity index (χ0n) is 8.12.